The van der Waals surface area contributed by atoms with Crippen molar-refractivity contribution >= 4 is 29.1 Å². The highest BCUT2D eigenvalue weighted by Crippen LogP contribution is 2.16. The molecule has 6 heteroatoms. The van der Waals surface area contributed by atoms with E-state index in [0.29, 0.717) is 24.3 Å². The van der Waals surface area contributed by atoms with Crippen molar-refractivity contribution in [2.45, 2.75) is 13.5 Å². The molecule has 0 saturated carbocycles. The number of benzene rings is 2. The molecule has 2 aromatic rings. The van der Waals surface area contributed by atoms with Gasteiger partial charge in [0.05, 0.1) is 0 Å². The van der Waals surface area contributed by atoms with Crippen molar-refractivity contribution in [1.29, 1.82) is 0 Å². The van der Waals surface area contributed by atoms with Crippen molar-refractivity contribution in [2.24, 2.45) is 0 Å². The summed E-state index contributed by atoms with van der Waals surface area (Å²) in [6, 6.07) is 15.0. The second kappa shape index (κ2) is 8.34. The quantitative estimate of drug-likeness (QED) is 0.897. The molecule has 1 fully saturated rings. The highest BCUT2D eigenvalue weighted by Gasteiger charge is 2.22. The average molecular weight is 372 g/mol. The zero-order valence-electron chi connectivity index (χ0n) is 14.7. The Morgan fingerprint density at radius 3 is 2.38 bits per heavy atom. The molecule has 0 radical (unpaired) electrons. The van der Waals surface area contributed by atoms with Gasteiger partial charge in [0, 0.05) is 55.9 Å². The molecule has 0 unspecified atom stereocenters. The first-order valence-electron chi connectivity index (χ1n) is 8.65. The van der Waals surface area contributed by atoms with Crippen molar-refractivity contribution in [3.05, 3.63) is 64.7 Å². The van der Waals surface area contributed by atoms with Crippen LogP contribution in [-0.2, 0) is 11.3 Å². The van der Waals surface area contributed by atoms with Crippen LogP contribution in [0, 0.1) is 0 Å². The number of carbonyl (C=O) groups is 2. The predicted molar refractivity (Wildman–Crippen MR) is 103 cm³/mol. The summed E-state index contributed by atoms with van der Waals surface area (Å²) in [6.07, 6.45) is 0. The average Bonchev–Trinajstić information content (AvgIpc) is 2.63. The topological polar surface area (TPSA) is 52.7 Å². The molecule has 2 amide bonds. The molecule has 0 spiro atoms. The molecule has 1 N–H and O–H groups in total. The summed E-state index contributed by atoms with van der Waals surface area (Å²) in [5.74, 6) is -0.145. The van der Waals surface area contributed by atoms with Crippen LogP contribution in [-0.4, -0.2) is 47.8 Å². The predicted octanol–water partition coefficient (Wildman–Crippen LogP) is 3.26. The van der Waals surface area contributed by atoms with E-state index in [2.05, 4.69) is 10.2 Å². The Labute approximate surface area is 158 Å². The molecule has 0 aliphatic carbocycles. The lowest BCUT2D eigenvalue weighted by molar-refractivity contribution is -0.114. The fourth-order valence-corrected chi connectivity index (χ4v) is 3.20. The Morgan fingerprint density at radius 2 is 1.73 bits per heavy atom. The highest BCUT2D eigenvalue weighted by atomic mass is 35.5. The number of hydrogen-bond acceptors (Lipinski definition) is 3. The van der Waals surface area contributed by atoms with Crippen molar-refractivity contribution in [1.82, 2.24) is 9.80 Å². The van der Waals surface area contributed by atoms with Crippen LogP contribution in [0.3, 0.4) is 0 Å². The molecule has 0 atom stereocenters. The molecule has 1 heterocycles. The van der Waals surface area contributed by atoms with E-state index in [-0.39, 0.29) is 11.8 Å². The SMILES string of the molecule is CC(=O)Nc1cccc(C(=O)N2CCN(Cc3ccc(Cl)cc3)CC2)c1. The van der Waals surface area contributed by atoms with Gasteiger partial charge in [-0.3, -0.25) is 14.5 Å². The Balaban J connectivity index is 1.56. The fourth-order valence-electron chi connectivity index (χ4n) is 3.07. The Hall–Kier alpha value is -2.37. The number of amides is 2. The van der Waals surface area contributed by atoms with E-state index in [4.69, 9.17) is 11.6 Å². The smallest absolute Gasteiger partial charge is 0.254 e. The van der Waals surface area contributed by atoms with E-state index in [1.165, 1.54) is 12.5 Å². The van der Waals surface area contributed by atoms with Gasteiger partial charge < -0.3 is 10.2 Å². The molecule has 1 saturated heterocycles. The number of halogens is 1. The van der Waals surface area contributed by atoms with Crippen LogP contribution in [0.25, 0.3) is 0 Å². The first-order chi connectivity index (χ1) is 12.5. The summed E-state index contributed by atoms with van der Waals surface area (Å²) in [4.78, 5) is 28.1. The number of piperazine rings is 1. The van der Waals surface area contributed by atoms with Gasteiger partial charge >= 0.3 is 0 Å². The van der Waals surface area contributed by atoms with Crippen molar-refractivity contribution < 1.29 is 9.59 Å². The molecule has 0 aromatic heterocycles. The first kappa shape index (κ1) is 18.4. The lowest BCUT2D eigenvalue weighted by atomic mass is 10.1. The number of anilines is 1. The molecule has 1 aliphatic rings. The van der Waals surface area contributed by atoms with Crippen LogP contribution in [0.5, 0.6) is 0 Å². The molecule has 1 aliphatic heterocycles. The molecule has 2 aromatic carbocycles. The number of hydrogen-bond donors (Lipinski definition) is 1. The second-order valence-electron chi connectivity index (χ2n) is 6.46. The summed E-state index contributed by atoms with van der Waals surface area (Å²) in [5.41, 5.74) is 2.46. The standard InChI is InChI=1S/C20H22ClN3O2/c1-15(25)22-19-4-2-3-17(13-19)20(26)24-11-9-23(10-12-24)14-16-5-7-18(21)8-6-16/h2-8,13H,9-12,14H2,1H3,(H,22,25). The molecular formula is C20H22ClN3O2. The molecule has 26 heavy (non-hydrogen) atoms. The molecule has 136 valence electrons. The number of rotatable bonds is 4. The minimum absolute atomic E-state index is 0.00310. The third-order valence-corrected chi connectivity index (χ3v) is 4.66. The van der Waals surface area contributed by atoms with E-state index in [1.807, 2.05) is 29.2 Å². The van der Waals surface area contributed by atoms with Crippen LogP contribution < -0.4 is 5.32 Å². The van der Waals surface area contributed by atoms with Gasteiger partial charge in [-0.25, -0.2) is 0 Å². The maximum Gasteiger partial charge on any atom is 0.254 e. The third-order valence-electron chi connectivity index (χ3n) is 4.41. The minimum atomic E-state index is -0.148. The minimum Gasteiger partial charge on any atom is -0.336 e. The van der Waals surface area contributed by atoms with Crippen LogP contribution in [0.1, 0.15) is 22.8 Å². The largest absolute Gasteiger partial charge is 0.336 e. The van der Waals surface area contributed by atoms with Gasteiger partial charge in [-0.05, 0) is 35.9 Å². The first-order valence-corrected chi connectivity index (χ1v) is 9.03. The zero-order valence-corrected chi connectivity index (χ0v) is 15.5. The van der Waals surface area contributed by atoms with Crippen molar-refractivity contribution in [3.8, 4) is 0 Å². The molecular weight excluding hydrogens is 350 g/mol. The van der Waals surface area contributed by atoms with E-state index < -0.39 is 0 Å². The van der Waals surface area contributed by atoms with Crippen molar-refractivity contribution in [3.63, 3.8) is 0 Å². The summed E-state index contributed by atoms with van der Waals surface area (Å²) >= 11 is 5.92. The third kappa shape index (κ3) is 4.84. The second-order valence-corrected chi connectivity index (χ2v) is 6.89. The van der Waals surface area contributed by atoms with Crippen LogP contribution in [0.2, 0.25) is 5.02 Å². The van der Waals surface area contributed by atoms with E-state index >= 15 is 0 Å². The summed E-state index contributed by atoms with van der Waals surface area (Å²) in [6.45, 7) is 5.36. The summed E-state index contributed by atoms with van der Waals surface area (Å²) in [7, 11) is 0. The maximum absolute atomic E-state index is 12.7. The van der Waals surface area contributed by atoms with Gasteiger partial charge in [0.1, 0.15) is 0 Å². The van der Waals surface area contributed by atoms with E-state index in [9.17, 15) is 9.59 Å². The lowest BCUT2D eigenvalue weighted by Gasteiger charge is -2.34. The Kier molecular flexibility index (Phi) is 5.91. The Bertz CT molecular complexity index is 784. The van der Waals surface area contributed by atoms with Gasteiger partial charge in [0.25, 0.3) is 5.91 Å². The molecule has 5 nitrogen and oxygen atoms in total. The maximum atomic E-state index is 12.7. The van der Waals surface area contributed by atoms with Gasteiger partial charge in [-0.15, -0.1) is 0 Å². The van der Waals surface area contributed by atoms with E-state index in [1.54, 1.807) is 24.3 Å². The number of carbonyl (C=O) groups excluding carboxylic acids is 2. The van der Waals surface area contributed by atoms with E-state index in [0.717, 1.165) is 24.7 Å². The lowest BCUT2D eigenvalue weighted by Crippen LogP contribution is -2.48. The number of nitrogens with one attached hydrogen (secondary N) is 1. The summed E-state index contributed by atoms with van der Waals surface area (Å²) < 4.78 is 0. The van der Waals surface area contributed by atoms with Gasteiger partial charge in [0.15, 0.2) is 0 Å². The number of nitrogens with zero attached hydrogens (tertiary/aromatic N) is 2. The zero-order chi connectivity index (χ0) is 18.5. The van der Waals surface area contributed by atoms with Gasteiger partial charge in [-0.1, -0.05) is 29.8 Å². The molecule has 3 rings (SSSR count). The van der Waals surface area contributed by atoms with Gasteiger partial charge in [-0.2, -0.15) is 0 Å². The van der Waals surface area contributed by atoms with Crippen LogP contribution in [0.4, 0.5) is 5.69 Å². The van der Waals surface area contributed by atoms with Crippen molar-refractivity contribution in [2.75, 3.05) is 31.5 Å². The monoisotopic (exact) mass is 371 g/mol. The summed E-state index contributed by atoms with van der Waals surface area (Å²) in [5, 5.41) is 3.46. The highest BCUT2D eigenvalue weighted by molar-refractivity contribution is 6.30. The fraction of sp³-hybridized carbons (Fsp3) is 0.300. The van der Waals surface area contributed by atoms with Crippen LogP contribution >= 0.6 is 11.6 Å². The van der Waals surface area contributed by atoms with Gasteiger partial charge in [0.2, 0.25) is 5.91 Å². The molecule has 0 bridgehead atoms. The Morgan fingerprint density at radius 1 is 1.04 bits per heavy atom. The normalized spacial score (nSPS) is 14.9. The van der Waals surface area contributed by atoms with Crippen LogP contribution in [0.15, 0.2) is 48.5 Å².